The molecule has 0 spiro atoms. The fourth-order valence-corrected chi connectivity index (χ4v) is 3.59. The maximum absolute atomic E-state index is 11.8. The molecule has 96 valence electrons. The third-order valence-corrected chi connectivity index (χ3v) is 4.35. The lowest BCUT2D eigenvalue weighted by atomic mass is 9.88. The fourth-order valence-electron chi connectivity index (χ4n) is 3.59. The molecule has 0 unspecified atom stereocenters. The van der Waals surface area contributed by atoms with Gasteiger partial charge in [0.2, 0.25) is 5.91 Å². The van der Waals surface area contributed by atoms with Crippen LogP contribution in [-0.2, 0) is 14.3 Å². The number of aliphatic hydroxyl groups excluding tert-OH is 1. The van der Waals surface area contributed by atoms with E-state index in [4.69, 9.17) is 9.47 Å². The Bertz CT molecular complexity index is 322. The maximum atomic E-state index is 11.8. The van der Waals surface area contributed by atoms with Crippen LogP contribution in [0, 0.1) is 5.92 Å². The lowest BCUT2D eigenvalue weighted by Gasteiger charge is -2.30. The van der Waals surface area contributed by atoms with E-state index in [1.54, 1.807) is 7.11 Å². The molecular formula is C12H19NO4. The molecule has 3 fully saturated rings. The second kappa shape index (κ2) is 4.23. The number of amides is 1. The van der Waals surface area contributed by atoms with Gasteiger partial charge in [-0.1, -0.05) is 0 Å². The maximum Gasteiger partial charge on any atom is 0.222 e. The number of carbonyl (C=O) groups excluding carboxylic acids is 1. The highest BCUT2D eigenvalue weighted by atomic mass is 16.7. The molecule has 0 aliphatic carbocycles. The van der Waals surface area contributed by atoms with Crippen molar-refractivity contribution in [3.05, 3.63) is 0 Å². The molecule has 17 heavy (non-hydrogen) atoms. The quantitative estimate of drug-likeness (QED) is 0.708. The van der Waals surface area contributed by atoms with Gasteiger partial charge in [-0.15, -0.1) is 0 Å². The summed E-state index contributed by atoms with van der Waals surface area (Å²) in [6.07, 6.45) is 2.21. The summed E-state index contributed by atoms with van der Waals surface area (Å²) in [7, 11) is 1.55. The number of nitrogens with zero attached hydrogens (tertiary/aromatic N) is 1. The van der Waals surface area contributed by atoms with Gasteiger partial charge in [0.1, 0.15) is 6.10 Å². The fraction of sp³-hybridized carbons (Fsp3) is 0.917. The summed E-state index contributed by atoms with van der Waals surface area (Å²) in [4.78, 5) is 13.7. The highest BCUT2D eigenvalue weighted by Gasteiger charge is 2.52. The van der Waals surface area contributed by atoms with Gasteiger partial charge < -0.3 is 19.5 Å². The molecule has 3 saturated heterocycles. The van der Waals surface area contributed by atoms with Crippen molar-refractivity contribution in [3.63, 3.8) is 0 Å². The van der Waals surface area contributed by atoms with E-state index >= 15 is 0 Å². The minimum absolute atomic E-state index is 0.0221. The van der Waals surface area contributed by atoms with Crippen LogP contribution in [0.5, 0.6) is 0 Å². The molecule has 5 atom stereocenters. The van der Waals surface area contributed by atoms with E-state index in [0.29, 0.717) is 6.42 Å². The summed E-state index contributed by atoms with van der Waals surface area (Å²) >= 11 is 0. The normalized spacial score (nSPS) is 45.6. The van der Waals surface area contributed by atoms with E-state index in [-0.39, 0.29) is 24.0 Å². The van der Waals surface area contributed by atoms with Gasteiger partial charge in [0.15, 0.2) is 6.29 Å². The molecule has 3 rings (SSSR count). The minimum Gasteiger partial charge on any atom is -0.387 e. The van der Waals surface area contributed by atoms with Gasteiger partial charge in [-0.3, -0.25) is 4.79 Å². The van der Waals surface area contributed by atoms with Crippen LogP contribution in [0.3, 0.4) is 0 Å². The van der Waals surface area contributed by atoms with Crippen molar-refractivity contribution in [1.29, 1.82) is 0 Å². The molecule has 0 saturated carbocycles. The van der Waals surface area contributed by atoms with E-state index in [1.165, 1.54) is 0 Å². The first-order valence-corrected chi connectivity index (χ1v) is 6.38. The van der Waals surface area contributed by atoms with E-state index in [2.05, 4.69) is 0 Å². The summed E-state index contributed by atoms with van der Waals surface area (Å²) in [5.74, 6) is 0.248. The van der Waals surface area contributed by atoms with Crippen LogP contribution in [-0.4, -0.2) is 54.1 Å². The van der Waals surface area contributed by atoms with Crippen molar-refractivity contribution in [2.75, 3.05) is 13.7 Å². The van der Waals surface area contributed by atoms with Crippen LogP contribution in [0.25, 0.3) is 0 Å². The number of aliphatic hydroxyl groups is 1. The molecule has 0 radical (unpaired) electrons. The van der Waals surface area contributed by atoms with Crippen molar-refractivity contribution in [2.45, 2.75) is 50.2 Å². The van der Waals surface area contributed by atoms with E-state index in [0.717, 1.165) is 25.8 Å². The Morgan fingerprint density at radius 1 is 1.47 bits per heavy atom. The molecule has 3 aliphatic heterocycles. The van der Waals surface area contributed by atoms with Crippen molar-refractivity contribution in [3.8, 4) is 0 Å². The molecule has 3 aliphatic rings. The molecule has 5 nitrogen and oxygen atoms in total. The van der Waals surface area contributed by atoms with E-state index in [1.807, 2.05) is 4.90 Å². The minimum atomic E-state index is -0.610. The SMILES string of the molecule is CO[C@@H]1O[C@@H]2CCCN3C(=O)CC[C@H]3[C@H]2[C@H]1O. The molecule has 0 aromatic carbocycles. The second-order valence-corrected chi connectivity index (χ2v) is 5.18. The molecule has 0 aromatic heterocycles. The number of ether oxygens (including phenoxy) is 2. The first-order chi connectivity index (χ1) is 8.22. The third kappa shape index (κ3) is 1.68. The van der Waals surface area contributed by atoms with Crippen LogP contribution < -0.4 is 0 Å². The van der Waals surface area contributed by atoms with Crippen LogP contribution in [0.15, 0.2) is 0 Å². The van der Waals surface area contributed by atoms with Gasteiger partial charge in [0.05, 0.1) is 6.10 Å². The van der Waals surface area contributed by atoms with Gasteiger partial charge in [0, 0.05) is 32.0 Å². The van der Waals surface area contributed by atoms with Gasteiger partial charge in [-0.25, -0.2) is 0 Å². The predicted octanol–water partition coefficient (Wildman–Crippen LogP) is 0.120. The highest BCUT2D eigenvalue weighted by molar-refractivity contribution is 5.78. The zero-order valence-electron chi connectivity index (χ0n) is 10.0. The smallest absolute Gasteiger partial charge is 0.222 e. The molecule has 1 N–H and O–H groups in total. The Balaban J connectivity index is 1.86. The Morgan fingerprint density at radius 3 is 3.06 bits per heavy atom. The van der Waals surface area contributed by atoms with Crippen LogP contribution in [0.4, 0.5) is 0 Å². The number of methoxy groups -OCH3 is 1. The Kier molecular flexibility index (Phi) is 2.84. The summed E-state index contributed by atoms with van der Waals surface area (Å²) in [6.45, 7) is 0.810. The topological polar surface area (TPSA) is 59.0 Å². The Morgan fingerprint density at radius 2 is 2.29 bits per heavy atom. The average molecular weight is 241 g/mol. The average Bonchev–Trinajstić information content (AvgIpc) is 2.75. The summed E-state index contributed by atoms with van der Waals surface area (Å²) < 4.78 is 10.9. The Labute approximate surface area is 101 Å². The van der Waals surface area contributed by atoms with Crippen LogP contribution in [0.2, 0.25) is 0 Å². The second-order valence-electron chi connectivity index (χ2n) is 5.18. The number of rotatable bonds is 1. The van der Waals surface area contributed by atoms with Gasteiger partial charge in [0.25, 0.3) is 0 Å². The molecule has 1 amide bonds. The standard InChI is InChI=1S/C12H19NO4/c1-16-12-11(15)10-7-4-5-9(14)13(7)6-2-3-8(10)17-12/h7-8,10-12,15H,2-6H2,1H3/t7-,8+,10+,11+,12+/m0/s1. The summed E-state index contributed by atoms with van der Waals surface area (Å²) in [5.41, 5.74) is 0. The van der Waals surface area contributed by atoms with Crippen molar-refractivity contribution in [2.24, 2.45) is 5.92 Å². The zero-order chi connectivity index (χ0) is 12.0. The van der Waals surface area contributed by atoms with Crippen molar-refractivity contribution < 1.29 is 19.4 Å². The van der Waals surface area contributed by atoms with Gasteiger partial charge >= 0.3 is 0 Å². The van der Waals surface area contributed by atoms with E-state index < -0.39 is 12.4 Å². The first kappa shape index (κ1) is 11.4. The summed E-state index contributed by atoms with van der Waals surface area (Å²) in [6, 6.07) is 0.144. The number of hydrogen-bond donors (Lipinski definition) is 1. The molecule has 5 heteroatoms. The van der Waals surface area contributed by atoms with Gasteiger partial charge in [-0.05, 0) is 19.3 Å². The lowest BCUT2D eigenvalue weighted by molar-refractivity contribution is -0.150. The number of fused-ring (bicyclic) bond motifs is 3. The summed E-state index contributed by atoms with van der Waals surface area (Å²) in [5, 5.41) is 10.3. The van der Waals surface area contributed by atoms with Crippen LogP contribution >= 0.6 is 0 Å². The van der Waals surface area contributed by atoms with Crippen molar-refractivity contribution >= 4 is 5.91 Å². The lowest BCUT2D eigenvalue weighted by Crippen LogP contribution is -2.44. The number of carbonyl (C=O) groups is 1. The van der Waals surface area contributed by atoms with Crippen molar-refractivity contribution in [1.82, 2.24) is 4.90 Å². The van der Waals surface area contributed by atoms with Crippen LogP contribution in [0.1, 0.15) is 25.7 Å². The molecule has 0 bridgehead atoms. The first-order valence-electron chi connectivity index (χ1n) is 6.38. The monoisotopic (exact) mass is 241 g/mol. The number of hydrogen-bond acceptors (Lipinski definition) is 4. The zero-order valence-corrected chi connectivity index (χ0v) is 10.0. The van der Waals surface area contributed by atoms with E-state index in [9.17, 15) is 9.90 Å². The molecule has 0 aromatic rings. The molecule has 3 heterocycles. The predicted molar refractivity (Wildman–Crippen MR) is 59.1 cm³/mol. The van der Waals surface area contributed by atoms with Gasteiger partial charge in [-0.2, -0.15) is 0 Å². The Hall–Kier alpha value is -0.650. The highest BCUT2D eigenvalue weighted by Crippen LogP contribution is 2.40. The molecular weight excluding hydrogens is 222 g/mol. The largest absolute Gasteiger partial charge is 0.387 e. The third-order valence-electron chi connectivity index (χ3n) is 4.35.